The summed E-state index contributed by atoms with van der Waals surface area (Å²) in [5.74, 6) is 1.46. The highest BCUT2D eigenvalue weighted by Crippen LogP contribution is 2.31. The lowest BCUT2D eigenvalue weighted by molar-refractivity contribution is -0.116. The van der Waals surface area contributed by atoms with E-state index in [-0.39, 0.29) is 12.0 Å². The number of para-hydroxylation sites is 2. The first-order chi connectivity index (χ1) is 10.3. The highest BCUT2D eigenvalue weighted by molar-refractivity contribution is 5.90. The first-order valence-corrected chi connectivity index (χ1v) is 6.89. The molecule has 0 radical (unpaired) electrons. The summed E-state index contributed by atoms with van der Waals surface area (Å²) in [6.07, 6.45) is 4.20. The van der Waals surface area contributed by atoms with E-state index < -0.39 is 0 Å². The monoisotopic (exact) mass is 284 g/mol. The lowest BCUT2D eigenvalue weighted by Crippen LogP contribution is -2.30. The number of nitrogens with zero attached hydrogens (tertiary/aromatic N) is 1. The lowest BCUT2D eigenvalue weighted by atomic mass is 10.1. The fourth-order valence-electron chi connectivity index (χ4n) is 2.16. The van der Waals surface area contributed by atoms with E-state index in [1.54, 1.807) is 24.5 Å². The number of aromatic nitrogens is 1. The average Bonchev–Trinajstić information content (AvgIpc) is 2.54. The third-order valence-corrected chi connectivity index (χ3v) is 3.22. The van der Waals surface area contributed by atoms with Gasteiger partial charge in [0.15, 0.2) is 11.5 Å². The van der Waals surface area contributed by atoms with Gasteiger partial charge in [0, 0.05) is 24.5 Å². The predicted octanol–water partition coefficient (Wildman–Crippen LogP) is 2.64. The van der Waals surface area contributed by atoms with Crippen LogP contribution >= 0.6 is 0 Å². The van der Waals surface area contributed by atoms with Crippen molar-refractivity contribution in [3.63, 3.8) is 0 Å². The molecule has 0 bridgehead atoms. The molecule has 3 rings (SSSR count). The van der Waals surface area contributed by atoms with Crippen molar-refractivity contribution in [2.45, 2.75) is 18.9 Å². The van der Waals surface area contributed by atoms with Crippen LogP contribution in [0.15, 0.2) is 48.8 Å². The summed E-state index contributed by atoms with van der Waals surface area (Å²) in [4.78, 5) is 15.8. The molecule has 5 heteroatoms. The number of nitrogens with one attached hydrogen (secondary N) is 1. The van der Waals surface area contributed by atoms with Gasteiger partial charge in [-0.1, -0.05) is 12.1 Å². The van der Waals surface area contributed by atoms with Crippen molar-refractivity contribution in [2.75, 3.05) is 11.9 Å². The number of amides is 1. The second kappa shape index (κ2) is 6.26. The van der Waals surface area contributed by atoms with Crippen LogP contribution in [0.25, 0.3) is 0 Å². The first-order valence-electron chi connectivity index (χ1n) is 6.89. The van der Waals surface area contributed by atoms with Crippen molar-refractivity contribution in [3.05, 3.63) is 48.8 Å². The number of fused-ring (bicyclic) bond motifs is 1. The van der Waals surface area contributed by atoms with E-state index >= 15 is 0 Å². The van der Waals surface area contributed by atoms with E-state index in [1.807, 2.05) is 24.3 Å². The number of pyridine rings is 1. The molecule has 1 aliphatic rings. The Morgan fingerprint density at radius 3 is 2.76 bits per heavy atom. The minimum absolute atomic E-state index is 0.0383. The predicted molar refractivity (Wildman–Crippen MR) is 78.5 cm³/mol. The van der Waals surface area contributed by atoms with Crippen molar-refractivity contribution >= 4 is 11.6 Å². The molecule has 5 nitrogen and oxygen atoms in total. The molecule has 0 saturated heterocycles. The van der Waals surface area contributed by atoms with E-state index in [2.05, 4.69) is 10.3 Å². The molecule has 108 valence electrons. The second-order valence-corrected chi connectivity index (χ2v) is 4.82. The van der Waals surface area contributed by atoms with Gasteiger partial charge in [0.25, 0.3) is 0 Å². The molecule has 0 unspecified atom stereocenters. The number of rotatable bonds is 4. The Bertz CT molecular complexity index is 616. The molecule has 0 fully saturated rings. The summed E-state index contributed by atoms with van der Waals surface area (Å²) >= 11 is 0. The maximum Gasteiger partial charge on any atom is 0.224 e. The van der Waals surface area contributed by atoms with Crippen LogP contribution in [0.1, 0.15) is 12.8 Å². The molecule has 1 aromatic carbocycles. The number of carbonyl (C=O) groups excluding carboxylic acids is 1. The van der Waals surface area contributed by atoms with Gasteiger partial charge in [0.05, 0.1) is 0 Å². The standard InChI is InChI=1S/C16H16N2O3/c19-16(18-12-7-9-17-10-8-12)6-5-13-11-20-14-3-1-2-4-15(14)21-13/h1-4,7-10,13H,5-6,11H2,(H,17,18,19)/t13-/m1/s1. The molecule has 1 amide bonds. The van der Waals surface area contributed by atoms with Gasteiger partial charge < -0.3 is 14.8 Å². The molecule has 1 atom stereocenters. The molecule has 21 heavy (non-hydrogen) atoms. The molecule has 1 N–H and O–H groups in total. The Hall–Kier alpha value is -2.56. The third kappa shape index (κ3) is 3.51. The van der Waals surface area contributed by atoms with Crippen LogP contribution in [0.3, 0.4) is 0 Å². The number of hydrogen-bond acceptors (Lipinski definition) is 4. The van der Waals surface area contributed by atoms with Gasteiger partial charge in [-0.15, -0.1) is 0 Å². The van der Waals surface area contributed by atoms with Gasteiger partial charge in [-0.25, -0.2) is 0 Å². The van der Waals surface area contributed by atoms with Crippen LogP contribution in [0.4, 0.5) is 5.69 Å². The zero-order valence-electron chi connectivity index (χ0n) is 11.5. The fourth-order valence-corrected chi connectivity index (χ4v) is 2.16. The Morgan fingerprint density at radius 2 is 1.95 bits per heavy atom. The van der Waals surface area contributed by atoms with Crippen molar-refractivity contribution in [1.82, 2.24) is 4.98 Å². The molecule has 1 aliphatic heterocycles. The maximum atomic E-state index is 11.9. The highest BCUT2D eigenvalue weighted by Gasteiger charge is 2.21. The van der Waals surface area contributed by atoms with Crippen LogP contribution in [0.2, 0.25) is 0 Å². The zero-order valence-corrected chi connectivity index (χ0v) is 11.5. The summed E-state index contributed by atoms with van der Waals surface area (Å²) in [6.45, 7) is 0.472. The Balaban J connectivity index is 1.49. The van der Waals surface area contributed by atoms with E-state index in [0.29, 0.717) is 19.4 Å². The van der Waals surface area contributed by atoms with Crippen molar-refractivity contribution in [2.24, 2.45) is 0 Å². The molecular weight excluding hydrogens is 268 g/mol. The minimum atomic E-state index is -0.0944. The summed E-state index contributed by atoms with van der Waals surface area (Å²) in [7, 11) is 0. The van der Waals surface area contributed by atoms with Crippen LogP contribution in [0.5, 0.6) is 11.5 Å². The summed E-state index contributed by atoms with van der Waals surface area (Å²) in [6, 6.07) is 11.1. The smallest absolute Gasteiger partial charge is 0.224 e. The van der Waals surface area contributed by atoms with Gasteiger partial charge in [-0.05, 0) is 30.7 Å². The van der Waals surface area contributed by atoms with E-state index in [1.165, 1.54) is 0 Å². The van der Waals surface area contributed by atoms with E-state index in [0.717, 1.165) is 17.2 Å². The summed E-state index contributed by atoms with van der Waals surface area (Å²) in [5.41, 5.74) is 0.751. The second-order valence-electron chi connectivity index (χ2n) is 4.82. The number of hydrogen-bond donors (Lipinski definition) is 1. The van der Waals surface area contributed by atoms with E-state index in [4.69, 9.17) is 9.47 Å². The molecule has 2 heterocycles. The fraction of sp³-hybridized carbons (Fsp3) is 0.250. The Kier molecular flexibility index (Phi) is 4.00. The van der Waals surface area contributed by atoms with E-state index in [9.17, 15) is 4.79 Å². The van der Waals surface area contributed by atoms with Crippen LogP contribution in [0, 0.1) is 0 Å². The Labute approximate surface area is 122 Å². The van der Waals surface area contributed by atoms with Crippen LogP contribution in [-0.4, -0.2) is 23.6 Å². The van der Waals surface area contributed by atoms with Crippen LogP contribution < -0.4 is 14.8 Å². The van der Waals surface area contributed by atoms with Gasteiger partial charge >= 0.3 is 0 Å². The Morgan fingerprint density at radius 1 is 1.19 bits per heavy atom. The third-order valence-electron chi connectivity index (χ3n) is 3.22. The number of anilines is 1. The van der Waals surface area contributed by atoms with Gasteiger partial charge in [0.1, 0.15) is 12.7 Å². The number of benzene rings is 1. The van der Waals surface area contributed by atoms with Crippen molar-refractivity contribution < 1.29 is 14.3 Å². The lowest BCUT2D eigenvalue weighted by Gasteiger charge is -2.26. The molecule has 0 spiro atoms. The topological polar surface area (TPSA) is 60.5 Å². The molecule has 1 aromatic heterocycles. The quantitative estimate of drug-likeness (QED) is 0.937. The molecule has 2 aromatic rings. The van der Waals surface area contributed by atoms with Gasteiger partial charge in [-0.3, -0.25) is 9.78 Å². The van der Waals surface area contributed by atoms with Crippen LogP contribution in [-0.2, 0) is 4.79 Å². The molecule has 0 aliphatic carbocycles. The van der Waals surface area contributed by atoms with Crippen molar-refractivity contribution in [3.8, 4) is 11.5 Å². The van der Waals surface area contributed by atoms with Crippen molar-refractivity contribution in [1.29, 1.82) is 0 Å². The SMILES string of the molecule is O=C(CC[C@@H]1COc2ccccc2O1)Nc1ccncc1. The first kappa shape index (κ1) is 13.4. The van der Waals surface area contributed by atoms with Gasteiger partial charge in [0.2, 0.25) is 5.91 Å². The average molecular weight is 284 g/mol. The summed E-state index contributed by atoms with van der Waals surface area (Å²) < 4.78 is 11.4. The maximum absolute atomic E-state index is 11.9. The largest absolute Gasteiger partial charge is 0.486 e. The zero-order chi connectivity index (χ0) is 14.5. The number of carbonyl (C=O) groups is 1. The highest BCUT2D eigenvalue weighted by atomic mass is 16.6. The normalized spacial score (nSPS) is 16.3. The minimum Gasteiger partial charge on any atom is -0.486 e. The molecular formula is C16H16N2O3. The van der Waals surface area contributed by atoms with Gasteiger partial charge in [-0.2, -0.15) is 0 Å². The summed E-state index contributed by atoms with van der Waals surface area (Å²) in [5, 5.41) is 2.83. The molecule has 0 saturated carbocycles. The number of ether oxygens (including phenoxy) is 2.